The first-order valence-corrected chi connectivity index (χ1v) is 26.1. The minimum Gasteiger partial charge on any atom is -0.462 e. The van der Waals surface area contributed by atoms with E-state index in [-0.39, 0.29) is 24.9 Å². The number of rotatable bonds is 45. The molecule has 1 amide bonds. The van der Waals surface area contributed by atoms with Crippen LogP contribution in [0.1, 0.15) is 226 Å². The molecule has 0 fully saturated rings. The number of esters is 1. The summed E-state index contributed by atoms with van der Waals surface area (Å²) in [5.74, 6) is -0.568. The van der Waals surface area contributed by atoms with Crippen LogP contribution in [0.5, 0.6) is 0 Å². The Bertz CT molecular complexity index is 1260. The van der Waals surface area contributed by atoms with Gasteiger partial charge in [-0.2, -0.15) is 0 Å². The fourth-order valence-electron chi connectivity index (χ4n) is 7.40. The number of allylic oxidation sites excluding steroid dienone is 16. The minimum atomic E-state index is -0.815. The second kappa shape index (κ2) is 49.8. The molecule has 0 aliphatic rings. The number of hydrogen-bond acceptors (Lipinski definition) is 5. The Morgan fingerprint density at radius 2 is 0.873 bits per heavy atom. The molecule has 0 bridgehead atoms. The number of hydrogen-bond donors (Lipinski definition) is 3. The van der Waals surface area contributed by atoms with E-state index < -0.39 is 18.2 Å². The summed E-state index contributed by atoms with van der Waals surface area (Å²) in [7, 11) is 0. The molecule has 0 saturated heterocycles. The highest BCUT2D eigenvalue weighted by Crippen LogP contribution is 2.17. The van der Waals surface area contributed by atoms with Gasteiger partial charge in [-0.25, -0.2) is 0 Å². The van der Waals surface area contributed by atoms with Crippen molar-refractivity contribution in [3.8, 4) is 0 Å². The molecule has 0 aliphatic carbocycles. The van der Waals surface area contributed by atoms with Gasteiger partial charge < -0.3 is 20.3 Å². The number of carbonyl (C=O) groups excluding carboxylic acids is 2. The zero-order valence-corrected chi connectivity index (χ0v) is 40.9. The Morgan fingerprint density at radius 3 is 1.38 bits per heavy atom. The predicted molar refractivity (Wildman–Crippen MR) is 273 cm³/mol. The number of carbonyl (C=O) groups is 2. The first-order valence-electron chi connectivity index (χ1n) is 26.1. The molecular weight excluding hydrogens is 779 g/mol. The lowest BCUT2D eigenvalue weighted by molar-refractivity contribution is -0.151. The molecule has 6 heteroatoms. The fourth-order valence-corrected chi connectivity index (χ4v) is 7.40. The third kappa shape index (κ3) is 45.2. The highest BCUT2D eigenvalue weighted by Gasteiger charge is 2.24. The van der Waals surface area contributed by atoms with E-state index in [0.29, 0.717) is 19.3 Å². The highest BCUT2D eigenvalue weighted by molar-refractivity contribution is 5.77. The maximum absolute atomic E-state index is 13.2. The van der Waals surface area contributed by atoms with E-state index >= 15 is 0 Å². The van der Waals surface area contributed by atoms with Crippen molar-refractivity contribution < 1.29 is 24.5 Å². The monoisotopic (exact) mass is 876 g/mol. The Hall–Kier alpha value is -3.22. The van der Waals surface area contributed by atoms with Gasteiger partial charge >= 0.3 is 5.97 Å². The molecular formula is C57H97NO5. The zero-order valence-electron chi connectivity index (χ0n) is 40.9. The summed E-state index contributed by atoms with van der Waals surface area (Å²) in [6, 6.07) is -0.734. The van der Waals surface area contributed by atoms with Crippen molar-refractivity contribution in [3.63, 3.8) is 0 Å². The normalized spacial score (nSPS) is 14.0. The molecule has 0 aromatic rings. The van der Waals surface area contributed by atoms with Gasteiger partial charge in [-0.1, -0.05) is 246 Å². The van der Waals surface area contributed by atoms with Crippen LogP contribution >= 0.6 is 0 Å². The summed E-state index contributed by atoms with van der Waals surface area (Å²) < 4.78 is 5.89. The summed E-state index contributed by atoms with van der Waals surface area (Å²) in [5.41, 5.74) is 0. The SMILES string of the molecule is CC\C=C/C=C/C=C/C=C\C=C\C=C\CCCC(CC(=O)NC(CO)C(O)CCCCCCCCCCCCCCCC)OC(=O)CCCCCCCC/C=C/C=C/CCCCC. The average molecular weight is 876 g/mol. The van der Waals surface area contributed by atoms with Crippen molar-refractivity contribution in [1.29, 1.82) is 0 Å². The molecule has 3 N–H and O–H groups in total. The Labute approximate surface area is 388 Å². The molecule has 0 rings (SSSR count). The third-order valence-electron chi connectivity index (χ3n) is 11.3. The second-order valence-corrected chi connectivity index (χ2v) is 17.4. The molecule has 0 aromatic heterocycles. The van der Waals surface area contributed by atoms with Gasteiger partial charge in [0.1, 0.15) is 6.10 Å². The highest BCUT2D eigenvalue weighted by atomic mass is 16.5. The lowest BCUT2D eigenvalue weighted by Gasteiger charge is -2.24. The van der Waals surface area contributed by atoms with Crippen molar-refractivity contribution >= 4 is 11.9 Å². The van der Waals surface area contributed by atoms with E-state index in [1.165, 1.54) is 116 Å². The fraction of sp³-hybridized carbons (Fsp3) is 0.684. The lowest BCUT2D eigenvalue weighted by Crippen LogP contribution is -2.46. The van der Waals surface area contributed by atoms with Crippen molar-refractivity contribution in [2.75, 3.05) is 6.61 Å². The van der Waals surface area contributed by atoms with E-state index in [2.05, 4.69) is 62.5 Å². The van der Waals surface area contributed by atoms with E-state index in [1.54, 1.807) is 0 Å². The smallest absolute Gasteiger partial charge is 0.306 e. The standard InChI is InChI=1S/C57H97NO5/c1-4-7-10-13-16-19-22-25-28-30-33-36-39-42-45-48-53(63-57(62)50-47-44-41-38-35-32-29-26-23-20-17-14-11-8-5-2)51-56(61)58-54(52-59)55(60)49-46-43-40-37-34-31-27-24-21-18-15-12-9-6-3/h7,10,13,16-17,19-20,22-23,25-26,28,30,33,36,39,53-55,59-60H,4-6,8-9,11-12,14-15,18,21,24,27,29,31-32,34-35,37-38,40-52H2,1-3H3,(H,58,61)/b10-7-,16-13+,20-17+,22-19+,26-23+,28-25-,33-30+,39-36+. The number of nitrogens with one attached hydrogen (secondary N) is 1. The second-order valence-electron chi connectivity index (χ2n) is 17.4. The molecule has 3 atom stereocenters. The topological polar surface area (TPSA) is 95.9 Å². The van der Waals surface area contributed by atoms with Gasteiger partial charge in [0.25, 0.3) is 0 Å². The Morgan fingerprint density at radius 1 is 0.476 bits per heavy atom. The maximum atomic E-state index is 13.2. The van der Waals surface area contributed by atoms with Crippen LogP contribution in [0.25, 0.3) is 0 Å². The summed E-state index contributed by atoms with van der Waals surface area (Å²) in [6.45, 7) is 6.28. The van der Waals surface area contributed by atoms with Crippen molar-refractivity contribution in [2.24, 2.45) is 0 Å². The van der Waals surface area contributed by atoms with Crippen LogP contribution in [0.3, 0.4) is 0 Å². The predicted octanol–water partition coefficient (Wildman–Crippen LogP) is 15.7. The molecule has 3 unspecified atom stereocenters. The number of aliphatic hydroxyl groups is 2. The number of unbranched alkanes of at least 4 members (excludes halogenated alkanes) is 23. The van der Waals surface area contributed by atoms with Gasteiger partial charge in [0.15, 0.2) is 0 Å². The third-order valence-corrected chi connectivity index (χ3v) is 11.3. The van der Waals surface area contributed by atoms with Gasteiger partial charge in [-0.05, 0) is 64.2 Å². The molecule has 0 saturated carbocycles. The van der Waals surface area contributed by atoms with Crippen LogP contribution in [0.15, 0.2) is 97.2 Å². The Balaban J connectivity index is 4.75. The van der Waals surface area contributed by atoms with E-state index in [4.69, 9.17) is 4.74 Å². The molecule has 360 valence electrons. The lowest BCUT2D eigenvalue weighted by atomic mass is 10.0. The minimum absolute atomic E-state index is 0.0168. The zero-order chi connectivity index (χ0) is 45.9. The van der Waals surface area contributed by atoms with Gasteiger partial charge in [0.2, 0.25) is 5.91 Å². The Kier molecular flexibility index (Phi) is 47.2. The quantitative estimate of drug-likeness (QED) is 0.0322. The van der Waals surface area contributed by atoms with Gasteiger partial charge in [0.05, 0.1) is 25.2 Å². The maximum Gasteiger partial charge on any atom is 0.306 e. The molecule has 0 heterocycles. The number of ether oxygens (including phenoxy) is 1. The summed E-state index contributed by atoms with van der Waals surface area (Å²) >= 11 is 0. The molecule has 0 aliphatic heterocycles. The van der Waals surface area contributed by atoms with Crippen molar-refractivity contribution in [1.82, 2.24) is 5.32 Å². The summed E-state index contributed by atoms with van der Waals surface area (Å²) in [4.78, 5) is 26.1. The van der Waals surface area contributed by atoms with E-state index in [0.717, 1.165) is 64.2 Å². The van der Waals surface area contributed by atoms with Crippen molar-refractivity contribution in [3.05, 3.63) is 97.2 Å². The summed E-state index contributed by atoms with van der Waals surface area (Å²) in [5, 5.41) is 23.8. The van der Waals surface area contributed by atoms with Crippen LogP contribution in [-0.4, -0.2) is 46.9 Å². The molecule has 0 spiro atoms. The number of amides is 1. The molecule has 0 aromatic carbocycles. The van der Waals surface area contributed by atoms with Gasteiger partial charge in [0, 0.05) is 6.42 Å². The first kappa shape index (κ1) is 59.8. The van der Waals surface area contributed by atoms with E-state index in [1.807, 2.05) is 60.8 Å². The van der Waals surface area contributed by atoms with Crippen LogP contribution in [-0.2, 0) is 14.3 Å². The number of aliphatic hydroxyl groups excluding tert-OH is 2. The summed E-state index contributed by atoms with van der Waals surface area (Å²) in [6.07, 6.45) is 66.1. The molecule has 6 nitrogen and oxygen atoms in total. The molecule has 63 heavy (non-hydrogen) atoms. The average Bonchev–Trinajstić information content (AvgIpc) is 3.28. The van der Waals surface area contributed by atoms with Crippen LogP contribution < -0.4 is 5.32 Å². The molecule has 0 radical (unpaired) electrons. The van der Waals surface area contributed by atoms with E-state index in [9.17, 15) is 19.8 Å². The van der Waals surface area contributed by atoms with Crippen LogP contribution in [0.2, 0.25) is 0 Å². The van der Waals surface area contributed by atoms with Crippen LogP contribution in [0.4, 0.5) is 0 Å². The first-order chi connectivity index (χ1) is 31.0. The van der Waals surface area contributed by atoms with Crippen molar-refractivity contribution in [2.45, 2.75) is 244 Å². The van der Waals surface area contributed by atoms with Crippen LogP contribution in [0, 0.1) is 0 Å². The van der Waals surface area contributed by atoms with Gasteiger partial charge in [-0.15, -0.1) is 0 Å². The van der Waals surface area contributed by atoms with Gasteiger partial charge in [-0.3, -0.25) is 9.59 Å². The largest absolute Gasteiger partial charge is 0.462 e.